The summed E-state index contributed by atoms with van der Waals surface area (Å²) >= 11 is 0. The highest BCUT2D eigenvalue weighted by Crippen LogP contribution is 2.23. The summed E-state index contributed by atoms with van der Waals surface area (Å²) in [7, 11) is 0. The van der Waals surface area contributed by atoms with Crippen molar-refractivity contribution in [2.45, 2.75) is 26.8 Å². The molecule has 0 aliphatic carbocycles. The molecule has 2 aromatic rings. The zero-order chi connectivity index (χ0) is 23.4. The fourth-order valence-electron chi connectivity index (χ4n) is 4.52. The second-order valence-electron chi connectivity index (χ2n) is 8.92. The number of rotatable bonds is 6. The second-order valence-corrected chi connectivity index (χ2v) is 8.92. The zero-order valence-corrected chi connectivity index (χ0v) is 19.3. The highest BCUT2D eigenvalue weighted by molar-refractivity contribution is 5.89. The number of benzene rings is 2. The number of nitrogens with zero attached hydrogens (tertiary/aromatic N) is 3. The second kappa shape index (κ2) is 10.1. The molecule has 2 aliphatic heterocycles. The van der Waals surface area contributed by atoms with Crippen molar-refractivity contribution in [3.05, 3.63) is 65.2 Å². The van der Waals surface area contributed by atoms with Crippen molar-refractivity contribution in [1.29, 1.82) is 0 Å². The Kier molecular flexibility index (Phi) is 6.96. The molecule has 1 unspecified atom stereocenters. The smallest absolute Gasteiger partial charge is 0.260 e. The van der Waals surface area contributed by atoms with Crippen LogP contribution in [-0.4, -0.2) is 71.8 Å². The van der Waals surface area contributed by atoms with E-state index in [1.807, 2.05) is 62.4 Å². The molecule has 2 heterocycles. The van der Waals surface area contributed by atoms with E-state index in [0.717, 1.165) is 16.7 Å². The van der Waals surface area contributed by atoms with Crippen LogP contribution in [0.25, 0.3) is 0 Å². The number of aryl methyl sites for hydroxylation is 2. The number of likely N-dealkylation sites (tertiary alicyclic amines) is 1. The lowest BCUT2D eigenvalue weighted by Crippen LogP contribution is -2.53. The molecule has 174 valence electrons. The van der Waals surface area contributed by atoms with Gasteiger partial charge in [0.25, 0.3) is 5.91 Å². The monoisotopic (exact) mass is 449 g/mol. The molecular weight excluding hydrogens is 418 g/mol. The molecule has 2 saturated heterocycles. The van der Waals surface area contributed by atoms with Crippen LogP contribution in [0.5, 0.6) is 5.75 Å². The highest BCUT2D eigenvalue weighted by atomic mass is 16.5. The van der Waals surface area contributed by atoms with Gasteiger partial charge in [0.2, 0.25) is 11.8 Å². The van der Waals surface area contributed by atoms with Gasteiger partial charge < -0.3 is 19.4 Å². The molecule has 0 aromatic heterocycles. The van der Waals surface area contributed by atoms with Crippen molar-refractivity contribution in [2.24, 2.45) is 5.92 Å². The molecule has 2 aromatic carbocycles. The van der Waals surface area contributed by atoms with E-state index in [1.54, 1.807) is 14.7 Å². The average molecular weight is 450 g/mol. The topological polar surface area (TPSA) is 70.2 Å². The van der Waals surface area contributed by atoms with Crippen molar-refractivity contribution in [1.82, 2.24) is 14.7 Å². The largest absolute Gasteiger partial charge is 0.484 e. The molecule has 7 heteroatoms. The maximum absolute atomic E-state index is 13.0. The van der Waals surface area contributed by atoms with Crippen LogP contribution in [0.15, 0.2) is 48.5 Å². The molecule has 3 amide bonds. The van der Waals surface area contributed by atoms with Gasteiger partial charge in [-0.15, -0.1) is 0 Å². The van der Waals surface area contributed by atoms with E-state index in [-0.39, 0.29) is 36.7 Å². The molecule has 0 bridgehead atoms. The van der Waals surface area contributed by atoms with Crippen molar-refractivity contribution in [3.8, 4) is 5.75 Å². The zero-order valence-electron chi connectivity index (χ0n) is 19.3. The Morgan fingerprint density at radius 2 is 1.67 bits per heavy atom. The van der Waals surface area contributed by atoms with Crippen molar-refractivity contribution < 1.29 is 19.1 Å². The summed E-state index contributed by atoms with van der Waals surface area (Å²) in [6.45, 7) is 6.89. The van der Waals surface area contributed by atoms with Crippen LogP contribution < -0.4 is 4.74 Å². The normalized spacial score (nSPS) is 18.5. The number of carbonyl (C=O) groups excluding carboxylic acids is 3. The van der Waals surface area contributed by atoms with Gasteiger partial charge in [0.1, 0.15) is 5.75 Å². The van der Waals surface area contributed by atoms with Gasteiger partial charge in [-0.25, -0.2) is 0 Å². The van der Waals surface area contributed by atoms with E-state index >= 15 is 0 Å². The highest BCUT2D eigenvalue weighted by Gasteiger charge is 2.37. The average Bonchev–Trinajstić information content (AvgIpc) is 3.18. The van der Waals surface area contributed by atoms with E-state index < -0.39 is 0 Å². The molecule has 0 radical (unpaired) electrons. The van der Waals surface area contributed by atoms with E-state index in [9.17, 15) is 14.4 Å². The summed E-state index contributed by atoms with van der Waals surface area (Å²) in [6.07, 6.45) is 0.258. The minimum atomic E-state index is -0.309. The number of hydrogen-bond acceptors (Lipinski definition) is 4. The molecular formula is C26H31N3O4. The van der Waals surface area contributed by atoms with Crippen LogP contribution in [-0.2, 0) is 20.9 Å². The van der Waals surface area contributed by atoms with E-state index in [1.165, 1.54) is 0 Å². The van der Waals surface area contributed by atoms with Gasteiger partial charge in [-0.05, 0) is 31.0 Å². The van der Waals surface area contributed by atoms with Gasteiger partial charge >= 0.3 is 0 Å². The first-order valence-corrected chi connectivity index (χ1v) is 11.5. The fourth-order valence-corrected chi connectivity index (χ4v) is 4.52. The standard InChI is InChI=1S/C26H31N3O4/c1-19-8-9-23(20(2)14-19)33-18-25(31)27-10-12-28(13-11-27)26(32)22-15-24(30)29(17-22)16-21-6-4-3-5-7-21/h3-9,14,22H,10-13,15-18H2,1-2H3. The third-order valence-corrected chi connectivity index (χ3v) is 6.41. The Labute approximate surface area is 194 Å². The maximum atomic E-state index is 13.0. The van der Waals surface area contributed by atoms with Gasteiger partial charge in [0.05, 0.1) is 5.92 Å². The summed E-state index contributed by atoms with van der Waals surface area (Å²) in [5, 5.41) is 0. The lowest BCUT2D eigenvalue weighted by atomic mass is 10.1. The summed E-state index contributed by atoms with van der Waals surface area (Å²) in [6, 6.07) is 15.7. The molecule has 1 atom stereocenters. The molecule has 0 spiro atoms. The predicted molar refractivity (Wildman–Crippen MR) is 125 cm³/mol. The Bertz CT molecular complexity index is 1020. The lowest BCUT2D eigenvalue weighted by Gasteiger charge is -2.35. The first kappa shape index (κ1) is 22.8. The molecule has 0 saturated carbocycles. The first-order valence-electron chi connectivity index (χ1n) is 11.5. The van der Waals surface area contributed by atoms with E-state index in [4.69, 9.17) is 4.74 Å². The van der Waals surface area contributed by atoms with Gasteiger partial charge in [-0.2, -0.15) is 0 Å². The van der Waals surface area contributed by atoms with Gasteiger partial charge in [-0.1, -0.05) is 48.0 Å². The van der Waals surface area contributed by atoms with Crippen molar-refractivity contribution in [2.75, 3.05) is 39.3 Å². The van der Waals surface area contributed by atoms with Gasteiger partial charge in [0, 0.05) is 45.7 Å². The van der Waals surface area contributed by atoms with Crippen LogP contribution in [0.3, 0.4) is 0 Å². The number of amides is 3. The Hall–Kier alpha value is -3.35. The summed E-state index contributed by atoms with van der Waals surface area (Å²) < 4.78 is 5.72. The molecule has 0 N–H and O–H groups in total. The molecule has 7 nitrogen and oxygen atoms in total. The summed E-state index contributed by atoms with van der Waals surface area (Å²) in [5.74, 6) is 0.365. The van der Waals surface area contributed by atoms with Gasteiger partial charge in [0.15, 0.2) is 6.61 Å². The van der Waals surface area contributed by atoms with Crippen LogP contribution >= 0.6 is 0 Å². The first-order chi connectivity index (χ1) is 15.9. The van der Waals surface area contributed by atoms with Gasteiger partial charge in [-0.3, -0.25) is 14.4 Å². The molecule has 4 rings (SSSR count). The quantitative estimate of drug-likeness (QED) is 0.679. The van der Waals surface area contributed by atoms with Crippen LogP contribution in [0.4, 0.5) is 0 Å². The number of ether oxygens (including phenoxy) is 1. The predicted octanol–water partition coefficient (Wildman–Crippen LogP) is 2.40. The van der Waals surface area contributed by atoms with Crippen LogP contribution in [0.1, 0.15) is 23.1 Å². The number of carbonyl (C=O) groups is 3. The number of piperazine rings is 1. The third-order valence-electron chi connectivity index (χ3n) is 6.41. The van der Waals surface area contributed by atoms with Crippen LogP contribution in [0.2, 0.25) is 0 Å². The van der Waals surface area contributed by atoms with E-state index in [0.29, 0.717) is 45.0 Å². The molecule has 2 aliphatic rings. The lowest BCUT2D eigenvalue weighted by molar-refractivity contribution is -0.142. The summed E-state index contributed by atoms with van der Waals surface area (Å²) in [4.78, 5) is 43.3. The minimum Gasteiger partial charge on any atom is -0.484 e. The molecule has 33 heavy (non-hydrogen) atoms. The Morgan fingerprint density at radius 3 is 2.36 bits per heavy atom. The third kappa shape index (κ3) is 5.53. The van der Waals surface area contributed by atoms with Crippen molar-refractivity contribution >= 4 is 17.7 Å². The van der Waals surface area contributed by atoms with Crippen LogP contribution in [0, 0.1) is 19.8 Å². The minimum absolute atomic E-state index is 0.0105. The van der Waals surface area contributed by atoms with E-state index in [2.05, 4.69) is 0 Å². The maximum Gasteiger partial charge on any atom is 0.260 e. The Balaban J connectivity index is 1.24. The van der Waals surface area contributed by atoms with Crippen molar-refractivity contribution in [3.63, 3.8) is 0 Å². The SMILES string of the molecule is Cc1ccc(OCC(=O)N2CCN(C(=O)C3CC(=O)N(Cc4ccccc4)C3)CC2)c(C)c1. The Morgan fingerprint density at radius 1 is 0.970 bits per heavy atom. The molecule has 2 fully saturated rings. The number of hydrogen-bond donors (Lipinski definition) is 0. The fraction of sp³-hybridized carbons (Fsp3) is 0.423. The summed E-state index contributed by atoms with van der Waals surface area (Å²) in [5.41, 5.74) is 3.22.